The van der Waals surface area contributed by atoms with Gasteiger partial charge in [-0.25, -0.2) is 0 Å². The lowest BCUT2D eigenvalue weighted by atomic mass is 9.78. The second-order valence-corrected chi connectivity index (χ2v) is 14.8. The van der Waals surface area contributed by atoms with Crippen LogP contribution in [-0.2, 0) is 48.1 Å². The van der Waals surface area contributed by atoms with Crippen LogP contribution in [0.5, 0.6) is 5.75 Å². The quantitative estimate of drug-likeness (QED) is 0.209. The molecule has 40 heavy (non-hydrogen) atoms. The van der Waals surface area contributed by atoms with Crippen molar-refractivity contribution in [1.82, 2.24) is 0 Å². The van der Waals surface area contributed by atoms with Crippen molar-refractivity contribution in [2.75, 3.05) is 24.7 Å². The van der Waals surface area contributed by atoms with Gasteiger partial charge in [-0.3, -0.25) is 9.59 Å². The smallest absolute Gasteiger partial charge is 0.306 e. The topological polar surface area (TPSA) is 72.8 Å². The predicted octanol–water partition coefficient (Wildman–Crippen LogP) is 7.67. The van der Waals surface area contributed by atoms with Crippen LogP contribution in [0.3, 0.4) is 0 Å². The summed E-state index contributed by atoms with van der Waals surface area (Å²) in [6.45, 7) is 19.7. The maximum atomic E-state index is 12.3. The number of ether oxygens (including phenoxy) is 2. The van der Waals surface area contributed by atoms with E-state index in [-0.39, 0.29) is 28.2 Å². The number of phenolic OH excluding ortho intramolecular Hbond substituents is 1. The summed E-state index contributed by atoms with van der Waals surface area (Å²) in [7, 11) is 0. The van der Waals surface area contributed by atoms with Gasteiger partial charge in [0, 0.05) is 24.3 Å². The molecule has 2 aromatic rings. The van der Waals surface area contributed by atoms with Crippen LogP contribution in [-0.4, -0.2) is 41.8 Å². The van der Waals surface area contributed by atoms with Gasteiger partial charge >= 0.3 is 11.9 Å². The van der Waals surface area contributed by atoms with E-state index < -0.39 is 0 Å². The fourth-order valence-corrected chi connectivity index (χ4v) is 4.95. The van der Waals surface area contributed by atoms with Crippen LogP contribution in [0, 0.1) is 0 Å². The lowest BCUT2D eigenvalue weighted by Crippen LogP contribution is -2.18. The Morgan fingerprint density at radius 1 is 0.700 bits per heavy atom. The Hall–Kier alpha value is -2.47. The number of hydrogen-bond donors (Lipinski definition) is 1. The number of carbonyl (C=O) groups is 2. The third kappa shape index (κ3) is 11.2. The van der Waals surface area contributed by atoms with Crippen LogP contribution in [0.15, 0.2) is 36.4 Å². The minimum atomic E-state index is -0.231. The molecule has 2 aromatic carbocycles. The van der Waals surface area contributed by atoms with Crippen LogP contribution in [0.25, 0.3) is 0 Å². The first-order chi connectivity index (χ1) is 18.5. The van der Waals surface area contributed by atoms with Crippen molar-refractivity contribution in [2.45, 2.75) is 104 Å². The number of phenols is 1. The molecule has 0 fully saturated rings. The molecule has 0 saturated heterocycles. The highest BCUT2D eigenvalue weighted by atomic mass is 32.2. The average molecular weight is 571 g/mol. The SMILES string of the molecule is CC(C)(C)c1cccc(CCC(=O)OCCSCCOC(=O)CCc2cc(C(C)(C)C)c(O)c(C(C)(C)C)c2)c1. The Kier molecular flexibility index (Phi) is 12.2. The molecular weight excluding hydrogens is 520 g/mol. The summed E-state index contributed by atoms with van der Waals surface area (Å²) in [5.41, 5.74) is 4.92. The molecule has 0 atom stereocenters. The van der Waals surface area contributed by atoms with Gasteiger partial charge in [-0.05, 0) is 56.9 Å². The molecule has 2 rings (SSSR count). The van der Waals surface area contributed by atoms with Crippen LogP contribution >= 0.6 is 11.8 Å². The van der Waals surface area contributed by atoms with Crippen molar-refractivity contribution in [3.05, 3.63) is 64.2 Å². The second kappa shape index (κ2) is 14.4. The molecule has 6 heteroatoms. The number of hydrogen-bond acceptors (Lipinski definition) is 6. The number of esters is 2. The van der Waals surface area contributed by atoms with E-state index in [9.17, 15) is 14.7 Å². The van der Waals surface area contributed by atoms with Gasteiger partial charge in [-0.1, -0.05) is 98.7 Å². The monoisotopic (exact) mass is 570 g/mol. The van der Waals surface area contributed by atoms with E-state index in [1.807, 2.05) is 18.2 Å². The first kappa shape index (κ1) is 33.7. The lowest BCUT2D eigenvalue weighted by molar-refractivity contribution is -0.143. The molecule has 0 aliphatic rings. The first-order valence-corrected chi connectivity index (χ1v) is 15.5. The Morgan fingerprint density at radius 3 is 1.62 bits per heavy atom. The zero-order chi connectivity index (χ0) is 30.1. The summed E-state index contributed by atoms with van der Waals surface area (Å²) >= 11 is 1.60. The van der Waals surface area contributed by atoms with Gasteiger partial charge in [0.05, 0.1) is 0 Å². The van der Waals surface area contributed by atoms with Gasteiger partial charge in [-0.2, -0.15) is 11.8 Å². The van der Waals surface area contributed by atoms with E-state index in [0.29, 0.717) is 56.2 Å². The van der Waals surface area contributed by atoms with E-state index in [0.717, 1.165) is 22.3 Å². The highest BCUT2D eigenvalue weighted by molar-refractivity contribution is 7.99. The third-order valence-electron chi connectivity index (χ3n) is 6.80. The van der Waals surface area contributed by atoms with Gasteiger partial charge in [0.2, 0.25) is 0 Å². The minimum absolute atomic E-state index is 0.0845. The Balaban J connectivity index is 1.67. The fourth-order valence-electron chi connectivity index (χ4n) is 4.34. The molecule has 0 bridgehead atoms. The van der Waals surface area contributed by atoms with Gasteiger partial charge < -0.3 is 14.6 Å². The number of carbonyl (C=O) groups excluding carboxylic acids is 2. The van der Waals surface area contributed by atoms with Gasteiger partial charge in [0.1, 0.15) is 19.0 Å². The summed E-state index contributed by atoms with van der Waals surface area (Å²) < 4.78 is 10.8. The number of thioether (sulfide) groups is 1. The maximum Gasteiger partial charge on any atom is 0.306 e. The summed E-state index contributed by atoms with van der Waals surface area (Å²) in [6, 6.07) is 12.4. The third-order valence-corrected chi connectivity index (χ3v) is 7.71. The minimum Gasteiger partial charge on any atom is -0.507 e. The van der Waals surface area contributed by atoms with Crippen LogP contribution < -0.4 is 0 Å². The van der Waals surface area contributed by atoms with E-state index in [4.69, 9.17) is 9.47 Å². The molecule has 5 nitrogen and oxygen atoms in total. The number of aromatic hydroxyl groups is 1. The predicted molar refractivity (Wildman–Crippen MR) is 167 cm³/mol. The van der Waals surface area contributed by atoms with Crippen molar-refractivity contribution in [2.24, 2.45) is 0 Å². The van der Waals surface area contributed by atoms with E-state index in [1.54, 1.807) is 11.8 Å². The van der Waals surface area contributed by atoms with E-state index in [1.165, 1.54) is 5.56 Å². The van der Waals surface area contributed by atoms with Gasteiger partial charge in [-0.15, -0.1) is 0 Å². The molecule has 0 radical (unpaired) electrons. The summed E-state index contributed by atoms with van der Waals surface area (Å²) in [6.07, 6.45) is 1.89. The molecule has 0 aliphatic carbocycles. The highest BCUT2D eigenvalue weighted by Crippen LogP contribution is 2.40. The fraction of sp³-hybridized carbons (Fsp3) is 0.588. The van der Waals surface area contributed by atoms with Crippen LogP contribution in [0.2, 0.25) is 0 Å². The Morgan fingerprint density at radius 2 is 1.18 bits per heavy atom. The van der Waals surface area contributed by atoms with Crippen molar-refractivity contribution in [3.8, 4) is 5.75 Å². The Labute approximate surface area is 246 Å². The van der Waals surface area contributed by atoms with Crippen LogP contribution in [0.4, 0.5) is 0 Å². The molecule has 0 heterocycles. The van der Waals surface area contributed by atoms with Gasteiger partial charge in [0.15, 0.2) is 0 Å². The molecule has 222 valence electrons. The highest BCUT2D eigenvalue weighted by Gasteiger charge is 2.26. The van der Waals surface area contributed by atoms with Crippen molar-refractivity contribution in [3.63, 3.8) is 0 Å². The van der Waals surface area contributed by atoms with Crippen molar-refractivity contribution < 1.29 is 24.2 Å². The molecule has 0 saturated carbocycles. The van der Waals surface area contributed by atoms with Crippen LogP contribution in [0.1, 0.15) is 103 Å². The van der Waals surface area contributed by atoms with Crippen molar-refractivity contribution in [1.29, 1.82) is 0 Å². The summed E-state index contributed by atoms with van der Waals surface area (Å²) in [5, 5.41) is 10.9. The zero-order valence-corrected chi connectivity index (χ0v) is 26.9. The van der Waals surface area contributed by atoms with E-state index >= 15 is 0 Å². The summed E-state index contributed by atoms with van der Waals surface area (Å²) in [4.78, 5) is 24.5. The molecule has 0 aliphatic heterocycles. The molecular formula is C34H50O5S. The molecule has 0 amide bonds. The van der Waals surface area contributed by atoms with E-state index in [2.05, 4.69) is 80.5 Å². The normalized spacial score (nSPS) is 12.3. The average Bonchev–Trinajstić information content (AvgIpc) is 2.84. The second-order valence-electron chi connectivity index (χ2n) is 13.5. The number of aryl methyl sites for hydroxylation is 2. The first-order valence-electron chi connectivity index (χ1n) is 14.3. The lowest BCUT2D eigenvalue weighted by Gasteiger charge is -2.28. The zero-order valence-electron chi connectivity index (χ0n) is 26.1. The standard InChI is InChI=1S/C34H50O5S/c1-32(2,3)26-12-10-11-24(21-26)13-15-29(35)38-17-19-40-20-18-39-30(36)16-14-25-22-27(33(4,5)6)31(37)28(23-25)34(7,8)9/h10-12,21-23,37H,13-20H2,1-9H3. The summed E-state index contributed by atoms with van der Waals surface area (Å²) in [5.74, 6) is 1.25. The maximum absolute atomic E-state index is 12.3. The molecule has 0 aromatic heterocycles. The Bertz CT molecular complexity index is 1100. The molecule has 1 N–H and O–H groups in total. The van der Waals surface area contributed by atoms with Gasteiger partial charge in [0.25, 0.3) is 0 Å². The number of benzene rings is 2. The molecule has 0 unspecified atom stereocenters. The largest absolute Gasteiger partial charge is 0.507 e. The van der Waals surface area contributed by atoms with Crippen molar-refractivity contribution >= 4 is 23.7 Å². The molecule has 0 spiro atoms. The number of rotatable bonds is 12.